The first-order valence-corrected chi connectivity index (χ1v) is 10.8. The first-order valence-electron chi connectivity index (χ1n) is 10.8. The molecular formula is C23H33N5O4. The van der Waals surface area contributed by atoms with E-state index in [4.69, 9.17) is 10.5 Å². The van der Waals surface area contributed by atoms with E-state index in [1.807, 2.05) is 37.3 Å². The average Bonchev–Trinajstić information content (AvgIpc) is 2.73. The summed E-state index contributed by atoms with van der Waals surface area (Å²) in [5.74, 6) is -0.757. The van der Waals surface area contributed by atoms with E-state index < -0.39 is 22.9 Å². The molecule has 1 fully saturated rings. The molecule has 3 rings (SSSR count). The Hall–Kier alpha value is -2.78. The fourth-order valence-corrected chi connectivity index (χ4v) is 3.94. The standard InChI is InChI=1S/C23H33N5O4/c1-22(2,24)21(31)25-17(14-32-13-16-8-6-5-7-9-16)20(30)28-11-10-18-23(3,15-28)12-19(29)27(4)26-18/h5-9,17H,10-15,24H2,1-4H3,(H,25,31). The molecule has 2 atom stereocenters. The number of hydrogen-bond donors (Lipinski definition) is 2. The maximum Gasteiger partial charge on any atom is 0.247 e. The number of likely N-dealkylation sites (tertiary alicyclic amines) is 1. The van der Waals surface area contributed by atoms with E-state index in [1.54, 1.807) is 25.8 Å². The summed E-state index contributed by atoms with van der Waals surface area (Å²) in [4.78, 5) is 39.9. The van der Waals surface area contributed by atoms with E-state index in [1.165, 1.54) is 5.01 Å². The highest BCUT2D eigenvalue weighted by molar-refractivity contribution is 5.99. The zero-order valence-electron chi connectivity index (χ0n) is 19.3. The summed E-state index contributed by atoms with van der Waals surface area (Å²) < 4.78 is 5.78. The highest BCUT2D eigenvalue weighted by Crippen LogP contribution is 2.35. The van der Waals surface area contributed by atoms with Gasteiger partial charge in [-0.1, -0.05) is 37.3 Å². The average molecular weight is 444 g/mol. The van der Waals surface area contributed by atoms with E-state index in [2.05, 4.69) is 10.4 Å². The molecule has 2 aliphatic heterocycles. The van der Waals surface area contributed by atoms with Crippen molar-refractivity contribution in [1.29, 1.82) is 0 Å². The first-order chi connectivity index (χ1) is 15.0. The lowest BCUT2D eigenvalue weighted by Gasteiger charge is -2.44. The summed E-state index contributed by atoms with van der Waals surface area (Å²) in [5, 5.41) is 8.54. The fraction of sp³-hybridized carbons (Fsp3) is 0.565. The molecule has 1 saturated heterocycles. The Morgan fingerprint density at radius 1 is 1.31 bits per heavy atom. The number of benzene rings is 1. The summed E-state index contributed by atoms with van der Waals surface area (Å²) in [7, 11) is 1.65. The number of carbonyl (C=O) groups is 3. The van der Waals surface area contributed by atoms with Gasteiger partial charge in [0.15, 0.2) is 0 Å². The van der Waals surface area contributed by atoms with Gasteiger partial charge in [-0.25, -0.2) is 5.01 Å². The molecule has 3 amide bonds. The third-order valence-corrected chi connectivity index (χ3v) is 5.92. The normalized spacial score (nSPS) is 22.2. The molecule has 2 aliphatic rings. The molecule has 0 bridgehead atoms. The van der Waals surface area contributed by atoms with E-state index in [-0.39, 0.29) is 18.4 Å². The second-order valence-corrected chi connectivity index (χ2v) is 9.46. The zero-order valence-corrected chi connectivity index (χ0v) is 19.3. The molecule has 2 heterocycles. The second-order valence-electron chi connectivity index (χ2n) is 9.46. The van der Waals surface area contributed by atoms with Crippen LogP contribution in [0.25, 0.3) is 0 Å². The summed E-state index contributed by atoms with van der Waals surface area (Å²) >= 11 is 0. The van der Waals surface area contributed by atoms with Crippen molar-refractivity contribution in [1.82, 2.24) is 15.2 Å². The Balaban J connectivity index is 1.71. The minimum absolute atomic E-state index is 0.0192. The summed E-state index contributed by atoms with van der Waals surface area (Å²) in [5.41, 5.74) is 6.18. The number of nitrogens with one attached hydrogen (secondary N) is 1. The molecular weight excluding hydrogens is 410 g/mol. The quantitative estimate of drug-likeness (QED) is 0.649. The van der Waals surface area contributed by atoms with Gasteiger partial charge >= 0.3 is 0 Å². The van der Waals surface area contributed by atoms with E-state index in [9.17, 15) is 14.4 Å². The van der Waals surface area contributed by atoms with Crippen molar-refractivity contribution in [2.45, 2.75) is 51.8 Å². The van der Waals surface area contributed by atoms with Crippen LogP contribution in [0.2, 0.25) is 0 Å². The Bertz CT molecular complexity index is 895. The van der Waals surface area contributed by atoms with Crippen molar-refractivity contribution in [3.63, 3.8) is 0 Å². The van der Waals surface area contributed by atoms with Gasteiger partial charge < -0.3 is 20.7 Å². The van der Waals surface area contributed by atoms with Gasteiger partial charge in [0.25, 0.3) is 0 Å². The molecule has 32 heavy (non-hydrogen) atoms. The van der Waals surface area contributed by atoms with Crippen LogP contribution in [0.5, 0.6) is 0 Å². The zero-order chi connectivity index (χ0) is 23.5. The van der Waals surface area contributed by atoms with Gasteiger partial charge in [0.1, 0.15) is 6.04 Å². The lowest BCUT2D eigenvalue weighted by atomic mass is 9.76. The van der Waals surface area contributed by atoms with Crippen LogP contribution in [-0.2, 0) is 25.7 Å². The Labute approximate surface area is 188 Å². The molecule has 0 saturated carbocycles. The smallest absolute Gasteiger partial charge is 0.247 e. The largest absolute Gasteiger partial charge is 0.374 e. The minimum Gasteiger partial charge on any atom is -0.374 e. The Morgan fingerprint density at radius 3 is 2.66 bits per heavy atom. The maximum atomic E-state index is 13.4. The van der Waals surface area contributed by atoms with Crippen LogP contribution in [0, 0.1) is 5.41 Å². The summed E-state index contributed by atoms with van der Waals surface area (Å²) in [6, 6.07) is 8.73. The third kappa shape index (κ3) is 5.52. The van der Waals surface area contributed by atoms with Crippen LogP contribution in [0.3, 0.4) is 0 Å². The molecule has 3 N–H and O–H groups in total. The maximum absolute atomic E-state index is 13.4. The van der Waals surface area contributed by atoms with Crippen LogP contribution < -0.4 is 11.1 Å². The number of nitrogens with two attached hydrogens (primary N) is 1. The molecule has 1 aromatic rings. The minimum atomic E-state index is -1.13. The van der Waals surface area contributed by atoms with Crippen molar-refractivity contribution < 1.29 is 19.1 Å². The van der Waals surface area contributed by atoms with Crippen LogP contribution >= 0.6 is 0 Å². The lowest BCUT2D eigenvalue weighted by molar-refractivity contribution is -0.142. The number of nitrogens with zero attached hydrogens (tertiary/aromatic N) is 3. The topological polar surface area (TPSA) is 117 Å². The van der Waals surface area contributed by atoms with Crippen molar-refractivity contribution in [2.75, 3.05) is 26.7 Å². The number of carbonyl (C=O) groups excluding carboxylic acids is 3. The van der Waals surface area contributed by atoms with E-state index in [0.717, 1.165) is 11.3 Å². The van der Waals surface area contributed by atoms with Crippen molar-refractivity contribution in [3.05, 3.63) is 35.9 Å². The molecule has 9 heteroatoms. The molecule has 0 aromatic heterocycles. The number of ether oxygens (including phenoxy) is 1. The van der Waals surface area contributed by atoms with Crippen LogP contribution in [-0.4, -0.2) is 71.7 Å². The van der Waals surface area contributed by atoms with Crippen LogP contribution in [0.4, 0.5) is 0 Å². The monoisotopic (exact) mass is 443 g/mol. The molecule has 174 valence electrons. The Morgan fingerprint density at radius 2 is 2.00 bits per heavy atom. The third-order valence-electron chi connectivity index (χ3n) is 5.92. The van der Waals surface area contributed by atoms with Gasteiger partial charge in [-0.15, -0.1) is 0 Å². The molecule has 0 radical (unpaired) electrons. The van der Waals surface area contributed by atoms with Gasteiger partial charge in [-0.3, -0.25) is 14.4 Å². The van der Waals surface area contributed by atoms with Gasteiger partial charge in [-0.05, 0) is 19.4 Å². The predicted molar refractivity (Wildman–Crippen MR) is 120 cm³/mol. The SMILES string of the molecule is CN1N=C2CCN(C(=O)C(COCc3ccccc3)NC(=O)C(C)(C)N)CC2(C)CC1=O. The number of fused-ring (bicyclic) bond motifs is 1. The molecule has 1 aromatic carbocycles. The van der Waals surface area contributed by atoms with E-state index in [0.29, 0.717) is 32.5 Å². The van der Waals surface area contributed by atoms with Gasteiger partial charge in [0.05, 0.1) is 18.8 Å². The lowest BCUT2D eigenvalue weighted by Crippen LogP contribution is -2.61. The molecule has 9 nitrogen and oxygen atoms in total. The van der Waals surface area contributed by atoms with Gasteiger partial charge in [-0.2, -0.15) is 5.10 Å². The summed E-state index contributed by atoms with van der Waals surface area (Å²) in [6.45, 7) is 6.30. The first kappa shape index (κ1) is 23.9. The second kappa shape index (κ2) is 9.38. The fourth-order valence-electron chi connectivity index (χ4n) is 3.94. The van der Waals surface area contributed by atoms with Crippen LogP contribution in [0.15, 0.2) is 35.4 Å². The number of piperidine rings is 1. The molecule has 0 spiro atoms. The van der Waals surface area contributed by atoms with Crippen molar-refractivity contribution in [2.24, 2.45) is 16.3 Å². The summed E-state index contributed by atoms with van der Waals surface area (Å²) in [6.07, 6.45) is 0.872. The highest BCUT2D eigenvalue weighted by Gasteiger charge is 2.44. The predicted octanol–water partition coefficient (Wildman–Crippen LogP) is 0.882. The van der Waals surface area contributed by atoms with Crippen LogP contribution in [0.1, 0.15) is 39.2 Å². The molecule has 2 unspecified atom stereocenters. The number of hydrazone groups is 1. The number of hydrogen-bond acceptors (Lipinski definition) is 6. The Kier molecular flexibility index (Phi) is 7.00. The van der Waals surface area contributed by atoms with Gasteiger partial charge in [0.2, 0.25) is 17.7 Å². The van der Waals surface area contributed by atoms with Crippen molar-refractivity contribution >= 4 is 23.4 Å². The number of rotatable bonds is 7. The number of amides is 3. The van der Waals surface area contributed by atoms with E-state index >= 15 is 0 Å². The molecule has 0 aliphatic carbocycles. The van der Waals surface area contributed by atoms with Gasteiger partial charge in [0, 0.05) is 44.1 Å². The highest BCUT2D eigenvalue weighted by atomic mass is 16.5. The van der Waals surface area contributed by atoms with Crippen molar-refractivity contribution in [3.8, 4) is 0 Å².